The number of hydrogen-bond donors (Lipinski definition) is 14. The van der Waals surface area contributed by atoms with Crippen LogP contribution in [0.1, 0.15) is 27.7 Å². The summed E-state index contributed by atoms with van der Waals surface area (Å²) in [5, 5.41) is 116. The van der Waals surface area contributed by atoms with Crippen molar-refractivity contribution in [2.24, 2.45) is 0 Å². The molecule has 4 aliphatic rings. The lowest BCUT2D eigenvalue weighted by atomic mass is 9.93. The average molecular weight is 831 g/mol. The summed E-state index contributed by atoms with van der Waals surface area (Å²) in [6.45, 7) is 0.884. The van der Waals surface area contributed by atoms with Gasteiger partial charge in [0.25, 0.3) is 0 Å². The van der Waals surface area contributed by atoms with Crippen LogP contribution >= 0.6 is 0 Å². The van der Waals surface area contributed by atoms with E-state index in [0.717, 1.165) is 27.7 Å². The molecule has 0 saturated carbocycles. The summed E-state index contributed by atoms with van der Waals surface area (Å²) in [4.78, 5) is 48.5. The molecular formula is C32H54N4O21. The van der Waals surface area contributed by atoms with E-state index >= 15 is 0 Å². The number of carbonyl (C=O) groups is 4. The number of aliphatic hydroxyl groups excluding tert-OH is 10. The number of aliphatic hydroxyl groups is 10. The standard InChI is InChI=1S/C32H54N4O21/c1-9(41)33-17-23(47)26(14(6-38)51-29(17)50)55-31-19(35-11(3)43)25(49)28(16(8-40)53-31)57-32-20(36-12(4)44)24(48)27(15(7-39)54-32)56-30-18(34-10(2)42)22(46)21(45)13(5-37)52-30/h13-32,37-40,45-50H,5-8H2,1-4H3,(H,33,41)(H,34,42)(H,35,43)(H,36,44)/t13-,14?,15?,16-,17?,18?,19?,20?,21?,22-,23?,24?,25-,26?,27?,28?,29?,30+,31+,32?/m1/s1. The summed E-state index contributed by atoms with van der Waals surface area (Å²) >= 11 is 0. The molecule has 14 N–H and O–H groups in total. The lowest BCUT2D eigenvalue weighted by molar-refractivity contribution is -0.362. The van der Waals surface area contributed by atoms with E-state index in [4.69, 9.17) is 33.2 Å². The smallest absolute Gasteiger partial charge is 0.217 e. The van der Waals surface area contributed by atoms with Crippen molar-refractivity contribution in [2.45, 2.75) is 150 Å². The number of hydrogen-bond acceptors (Lipinski definition) is 21. The summed E-state index contributed by atoms with van der Waals surface area (Å²) in [6, 6.07) is -6.15. The zero-order valence-corrected chi connectivity index (χ0v) is 31.3. The molecule has 0 spiro atoms. The van der Waals surface area contributed by atoms with Crippen LogP contribution in [0.2, 0.25) is 0 Å². The van der Waals surface area contributed by atoms with Gasteiger partial charge in [-0.3, -0.25) is 19.2 Å². The molecule has 4 fully saturated rings. The van der Waals surface area contributed by atoms with Crippen molar-refractivity contribution in [3.8, 4) is 0 Å². The average Bonchev–Trinajstić information content (AvgIpc) is 3.14. The SMILES string of the molecule is CC(=O)NC1C(O)OC(CO)C(O[C@@H]2O[C@H](CO)C(OC3OC(CO)C(O[C@@H]4O[C@H](CO)C(O)[C@H](O)C4NC(C)=O)C(O)C3NC(C)=O)[C@H](O)C2NC(C)=O)C1O. The lowest BCUT2D eigenvalue weighted by Crippen LogP contribution is -2.71. The normalized spacial score (nSPS) is 43.8. The van der Waals surface area contributed by atoms with Gasteiger partial charge in [-0.2, -0.15) is 0 Å². The fourth-order valence-corrected chi connectivity index (χ4v) is 7.17. The molecule has 4 saturated heterocycles. The molecule has 20 atom stereocenters. The fourth-order valence-electron chi connectivity index (χ4n) is 7.17. The second kappa shape index (κ2) is 20.4. The van der Waals surface area contributed by atoms with Crippen LogP contribution in [0.5, 0.6) is 0 Å². The van der Waals surface area contributed by atoms with Crippen LogP contribution < -0.4 is 21.3 Å². The first kappa shape index (κ1) is 46.9. The van der Waals surface area contributed by atoms with Gasteiger partial charge in [0.2, 0.25) is 23.6 Å². The topological polar surface area (TPSA) is 383 Å². The van der Waals surface area contributed by atoms with Gasteiger partial charge >= 0.3 is 0 Å². The van der Waals surface area contributed by atoms with Crippen LogP contribution in [0.25, 0.3) is 0 Å². The first-order valence-electron chi connectivity index (χ1n) is 18.1. The highest BCUT2D eigenvalue weighted by atomic mass is 16.8. The highest BCUT2D eigenvalue weighted by Gasteiger charge is 2.56. The van der Waals surface area contributed by atoms with E-state index < -0.39 is 173 Å². The third kappa shape index (κ3) is 10.9. The van der Waals surface area contributed by atoms with Gasteiger partial charge in [-0.1, -0.05) is 0 Å². The molecule has 0 aromatic carbocycles. The van der Waals surface area contributed by atoms with E-state index in [-0.39, 0.29) is 0 Å². The summed E-state index contributed by atoms with van der Waals surface area (Å²) in [7, 11) is 0. The van der Waals surface area contributed by atoms with Crippen molar-refractivity contribution >= 4 is 23.6 Å². The Morgan fingerprint density at radius 1 is 0.421 bits per heavy atom. The van der Waals surface area contributed by atoms with Gasteiger partial charge in [-0.05, 0) is 0 Å². The predicted octanol–water partition coefficient (Wildman–Crippen LogP) is -9.17. The van der Waals surface area contributed by atoms with Crippen molar-refractivity contribution in [3.05, 3.63) is 0 Å². The van der Waals surface area contributed by atoms with E-state index in [1.165, 1.54) is 0 Å². The fraction of sp³-hybridized carbons (Fsp3) is 0.875. The maximum absolute atomic E-state index is 12.4. The van der Waals surface area contributed by atoms with E-state index in [1.54, 1.807) is 0 Å². The Labute approximate surface area is 325 Å². The molecule has 25 nitrogen and oxygen atoms in total. The van der Waals surface area contributed by atoms with Crippen LogP contribution in [0.15, 0.2) is 0 Å². The maximum Gasteiger partial charge on any atom is 0.217 e. The van der Waals surface area contributed by atoms with Gasteiger partial charge in [0.15, 0.2) is 25.2 Å². The van der Waals surface area contributed by atoms with Crippen molar-refractivity contribution in [1.29, 1.82) is 0 Å². The first-order chi connectivity index (χ1) is 26.9. The predicted molar refractivity (Wildman–Crippen MR) is 180 cm³/mol. The monoisotopic (exact) mass is 830 g/mol. The Morgan fingerprint density at radius 3 is 1.04 bits per heavy atom. The minimum atomic E-state index is -1.89. The molecule has 4 heterocycles. The maximum atomic E-state index is 12.4. The molecule has 4 aliphatic heterocycles. The van der Waals surface area contributed by atoms with E-state index in [2.05, 4.69) is 21.3 Å². The van der Waals surface area contributed by atoms with Crippen LogP contribution in [-0.4, -0.2) is 224 Å². The molecule has 0 aromatic rings. The first-order valence-corrected chi connectivity index (χ1v) is 18.1. The minimum Gasteiger partial charge on any atom is -0.394 e. The van der Waals surface area contributed by atoms with Gasteiger partial charge in [0.05, 0.1) is 26.4 Å². The molecule has 4 amide bonds. The molecule has 25 heteroatoms. The molecule has 0 aromatic heterocycles. The Balaban J connectivity index is 1.61. The van der Waals surface area contributed by atoms with Crippen LogP contribution in [-0.2, 0) is 52.3 Å². The van der Waals surface area contributed by atoms with Gasteiger partial charge in [-0.15, -0.1) is 0 Å². The number of rotatable bonds is 14. The quantitative estimate of drug-likeness (QED) is 0.0773. The largest absolute Gasteiger partial charge is 0.394 e. The Bertz CT molecular complexity index is 1370. The number of carbonyl (C=O) groups excluding carboxylic acids is 4. The van der Waals surface area contributed by atoms with Crippen LogP contribution in [0.3, 0.4) is 0 Å². The van der Waals surface area contributed by atoms with Gasteiger partial charge in [0, 0.05) is 27.7 Å². The lowest BCUT2D eigenvalue weighted by Gasteiger charge is -2.51. The summed E-state index contributed by atoms with van der Waals surface area (Å²) in [5.74, 6) is -2.84. The van der Waals surface area contributed by atoms with Gasteiger partial charge in [0.1, 0.15) is 97.4 Å². The summed E-state index contributed by atoms with van der Waals surface area (Å²) in [6.07, 6.45) is -26.9. The van der Waals surface area contributed by atoms with E-state index in [1.807, 2.05) is 0 Å². The highest BCUT2D eigenvalue weighted by molar-refractivity contribution is 5.74. The Hall–Kier alpha value is -2.80. The summed E-state index contributed by atoms with van der Waals surface area (Å²) in [5.41, 5.74) is 0. The molecule has 328 valence electrons. The van der Waals surface area contributed by atoms with Crippen molar-refractivity contribution in [3.63, 3.8) is 0 Å². The second-order valence-corrected chi connectivity index (χ2v) is 14.1. The molecule has 0 radical (unpaired) electrons. The van der Waals surface area contributed by atoms with Crippen molar-refractivity contribution in [1.82, 2.24) is 21.3 Å². The number of amides is 4. The molecule has 57 heavy (non-hydrogen) atoms. The summed E-state index contributed by atoms with van der Waals surface area (Å²) < 4.78 is 40.6. The van der Waals surface area contributed by atoms with Gasteiger partial charge in [-0.25, -0.2) is 0 Å². The van der Waals surface area contributed by atoms with Gasteiger partial charge < -0.3 is 105 Å². The molecule has 4 rings (SSSR count). The Morgan fingerprint density at radius 2 is 0.702 bits per heavy atom. The van der Waals surface area contributed by atoms with Crippen molar-refractivity contribution < 1.29 is 103 Å². The molecule has 0 bridgehead atoms. The van der Waals surface area contributed by atoms with Crippen LogP contribution in [0.4, 0.5) is 0 Å². The highest BCUT2D eigenvalue weighted by Crippen LogP contribution is 2.34. The van der Waals surface area contributed by atoms with E-state index in [0.29, 0.717) is 0 Å². The minimum absolute atomic E-state index is 0.664. The Kier molecular flexibility index (Phi) is 16.8. The van der Waals surface area contributed by atoms with Crippen LogP contribution in [0, 0.1) is 0 Å². The second-order valence-electron chi connectivity index (χ2n) is 14.1. The number of nitrogens with one attached hydrogen (secondary N) is 4. The third-order valence-corrected chi connectivity index (χ3v) is 9.81. The third-order valence-electron chi connectivity index (χ3n) is 9.81. The zero-order chi connectivity index (χ0) is 42.5. The van der Waals surface area contributed by atoms with Crippen molar-refractivity contribution in [2.75, 3.05) is 26.4 Å². The molecule has 14 unspecified atom stereocenters. The number of ether oxygens (including phenoxy) is 7. The zero-order valence-electron chi connectivity index (χ0n) is 31.3. The molecule has 0 aliphatic carbocycles. The van der Waals surface area contributed by atoms with E-state index in [9.17, 15) is 70.2 Å². The molecular weight excluding hydrogens is 776 g/mol.